The first-order chi connectivity index (χ1) is 8.02. The molecule has 90 valence electrons. The topological polar surface area (TPSA) is 38.9 Å². The monoisotopic (exact) mass is 306 g/mol. The number of halogens is 4. The van der Waals surface area contributed by atoms with E-state index in [-0.39, 0.29) is 11.5 Å². The van der Waals surface area contributed by atoms with Gasteiger partial charge in [0.1, 0.15) is 5.76 Å². The highest BCUT2D eigenvalue weighted by Crippen LogP contribution is 2.36. The Kier molecular flexibility index (Phi) is 3.19. The summed E-state index contributed by atoms with van der Waals surface area (Å²) in [5, 5.41) is 0.390. The Bertz CT molecular complexity index is 524. The highest BCUT2D eigenvalue weighted by atomic mass is 79.9. The fourth-order valence-corrected chi connectivity index (χ4v) is 1.57. The summed E-state index contributed by atoms with van der Waals surface area (Å²) in [6.45, 7) is 0. The summed E-state index contributed by atoms with van der Waals surface area (Å²) in [6.07, 6.45) is -0.911. The molecule has 2 aromatic heterocycles. The van der Waals surface area contributed by atoms with Gasteiger partial charge < -0.3 is 4.42 Å². The number of oxazole rings is 1. The summed E-state index contributed by atoms with van der Waals surface area (Å²) in [6, 6.07) is 0.896. The van der Waals surface area contributed by atoms with Crippen LogP contribution in [0.15, 0.2) is 29.1 Å². The zero-order chi connectivity index (χ0) is 12.5. The zero-order valence-corrected chi connectivity index (χ0v) is 9.92. The number of pyridine rings is 1. The SMILES string of the molecule is FC(F)(F)c1ccncc1-c1ncc(CBr)o1. The molecule has 0 spiro atoms. The van der Waals surface area contributed by atoms with Gasteiger partial charge in [-0.3, -0.25) is 4.98 Å². The van der Waals surface area contributed by atoms with Gasteiger partial charge in [0.05, 0.1) is 22.7 Å². The van der Waals surface area contributed by atoms with Crippen molar-refractivity contribution in [3.63, 3.8) is 0 Å². The first-order valence-corrected chi connectivity index (χ1v) is 5.67. The van der Waals surface area contributed by atoms with Gasteiger partial charge in [-0.2, -0.15) is 13.2 Å². The maximum atomic E-state index is 12.7. The molecule has 2 rings (SSSR count). The lowest BCUT2D eigenvalue weighted by Crippen LogP contribution is -2.07. The molecule has 3 nitrogen and oxygen atoms in total. The van der Waals surface area contributed by atoms with Crippen molar-refractivity contribution >= 4 is 15.9 Å². The highest BCUT2D eigenvalue weighted by Gasteiger charge is 2.34. The zero-order valence-electron chi connectivity index (χ0n) is 8.33. The van der Waals surface area contributed by atoms with Crippen LogP contribution >= 0.6 is 15.9 Å². The van der Waals surface area contributed by atoms with Crippen LogP contribution in [0.5, 0.6) is 0 Å². The molecular weight excluding hydrogens is 301 g/mol. The van der Waals surface area contributed by atoms with E-state index in [1.54, 1.807) is 0 Å². The third-order valence-corrected chi connectivity index (χ3v) is 2.59. The first kappa shape index (κ1) is 12.1. The van der Waals surface area contributed by atoms with Crippen molar-refractivity contribution in [2.75, 3.05) is 0 Å². The lowest BCUT2D eigenvalue weighted by molar-refractivity contribution is -0.137. The molecule has 0 aliphatic carbocycles. The normalized spacial score (nSPS) is 11.8. The molecule has 0 fully saturated rings. The van der Waals surface area contributed by atoms with Crippen molar-refractivity contribution in [1.82, 2.24) is 9.97 Å². The van der Waals surface area contributed by atoms with Gasteiger partial charge in [0.15, 0.2) is 0 Å². The van der Waals surface area contributed by atoms with Crippen molar-refractivity contribution in [3.05, 3.63) is 36.0 Å². The van der Waals surface area contributed by atoms with E-state index in [2.05, 4.69) is 25.9 Å². The van der Waals surface area contributed by atoms with Gasteiger partial charge in [-0.15, -0.1) is 0 Å². The Balaban J connectivity index is 2.52. The van der Waals surface area contributed by atoms with E-state index in [4.69, 9.17) is 4.42 Å². The number of nitrogens with zero attached hydrogens (tertiary/aromatic N) is 2. The average Bonchev–Trinajstić information content (AvgIpc) is 2.76. The second-order valence-corrected chi connectivity index (χ2v) is 3.75. The number of hydrogen-bond donors (Lipinski definition) is 0. The molecule has 0 saturated heterocycles. The lowest BCUT2D eigenvalue weighted by atomic mass is 10.1. The molecule has 0 N–H and O–H groups in total. The van der Waals surface area contributed by atoms with Gasteiger partial charge in [0.2, 0.25) is 5.89 Å². The third-order valence-electron chi connectivity index (χ3n) is 2.04. The minimum Gasteiger partial charge on any atom is -0.440 e. The second kappa shape index (κ2) is 4.48. The largest absolute Gasteiger partial charge is 0.440 e. The van der Waals surface area contributed by atoms with Gasteiger partial charge in [-0.1, -0.05) is 15.9 Å². The van der Waals surface area contributed by atoms with Gasteiger partial charge in [0.25, 0.3) is 0 Å². The van der Waals surface area contributed by atoms with E-state index in [0.29, 0.717) is 11.1 Å². The molecule has 0 amide bonds. The average molecular weight is 307 g/mol. The van der Waals surface area contributed by atoms with E-state index in [1.807, 2.05) is 0 Å². The molecule has 0 unspecified atom stereocenters. The van der Waals surface area contributed by atoms with Crippen molar-refractivity contribution in [3.8, 4) is 11.5 Å². The summed E-state index contributed by atoms with van der Waals surface area (Å²) >= 11 is 3.13. The van der Waals surface area contributed by atoms with Gasteiger partial charge in [-0.05, 0) is 6.07 Å². The highest BCUT2D eigenvalue weighted by molar-refractivity contribution is 9.08. The van der Waals surface area contributed by atoms with Crippen LogP contribution in [0.25, 0.3) is 11.5 Å². The number of rotatable bonds is 2. The molecule has 0 atom stereocenters. The van der Waals surface area contributed by atoms with Gasteiger partial charge in [-0.25, -0.2) is 4.98 Å². The number of alkyl halides is 4. The molecule has 0 bridgehead atoms. The number of hydrogen-bond acceptors (Lipinski definition) is 3. The van der Waals surface area contributed by atoms with Crippen molar-refractivity contribution in [2.24, 2.45) is 0 Å². The van der Waals surface area contributed by atoms with Crippen molar-refractivity contribution < 1.29 is 17.6 Å². The molecule has 0 saturated carbocycles. The Labute approximate surface area is 103 Å². The second-order valence-electron chi connectivity index (χ2n) is 3.18. The van der Waals surface area contributed by atoms with Crippen molar-refractivity contribution in [2.45, 2.75) is 11.5 Å². The maximum absolute atomic E-state index is 12.7. The lowest BCUT2D eigenvalue weighted by Gasteiger charge is -2.09. The Hall–Kier alpha value is -1.37. The molecule has 2 heterocycles. The molecule has 2 aromatic rings. The quantitative estimate of drug-likeness (QED) is 0.795. The Morgan fingerprint density at radius 3 is 2.65 bits per heavy atom. The van der Waals surface area contributed by atoms with Crippen LogP contribution in [0.1, 0.15) is 11.3 Å². The summed E-state index contributed by atoms with van der Waals surface area (Å²) in [5.74, 6) is 0.372. The van der Waals surface area contributed by atoms with Crippen LogP contribution in [0.3, 0.4) is 0 Å². The van der Waals surface area contributed by atoms with Gasteiger partial charge in [0, 0.05) is 12.4 Å². The first-order valence-electron chi connectivity index (χ1n) is 4.54. The summed E-state index contributed by atoms with van der Waals surface area (Å²) in [4.78, 5) is 7.45. The van der Waals surface area contributed by atoms with E-state index in [1.165, 1.54) is 6.20 Å². The third kappa shape index (κ3) is 2.49. The van der Waals surface area contributed by atoms with E-state index in [0.717, 1.165) is 18.5 Å². The van der Waals surface area contributed by atoms with Crippen LogP contribution in [0.4, 0.5) is 13.2 Å². The maximum Gasteiger partial charge on any atom is 0.417 e. The molecule has 0 aliphatic rings. The molecule has 7 heteroatoms. The van der Waals surface area contributed by atoms with Gasteiger partial charge >= 0.3 is 6.18 Å². The standard InChI is InChI=1S/C10H6BrF3N2O/c11-3-6-4-16-9(17-6)7-5-15-2-1-8(7)10(12,13)14/h1-2,4-5H,3H2. The Morgan fingerprint density at radius 2 is 2.06 bits per heavy atom. The van der Waals surface area contributed by atoms with E-state index < -0.39 is 11.7 Å². The molecule has 0 aliphatic heterocycles. The van der Waals surface area contributed by atoms with Crippen LogP contribution in [0.2, 0.25) is 0 Å². The molecule has 0 radical (unpaired) electrons. The van der Waals surface area contributed by atoms with E-state index in [9.17, 15) is 13.2 Å². The molecule has 0 aromatic carbocycles. The van der Waals surface area contributed by atoms with Crippen LogP contribution in [-0.2, 0) is 11.5 Å². The van der Waals surface area contributed by atoms with Crippen molar-refractivity contribution in [1.29, 1.82) is 0 Å². The van der Waals surface area contributed by atoms with Crippen LogP contribution in [0, 0.1) is 0 Å². The molecule has 17 heavy (non-hydrogen) atoms. The van der Waals surface area contributed by atoms with E-state index >= 15 is 0 Å². The smallest absolute Gasteiger partial charge is 0.417 e. The summed E-state index contributed by atoms with van der Waals surface area (Å²) in [5.41, 5.74) is -0.970. The minimum absolute atomic E-state index is 0.0834. The van der Waals surface area contributed by atoms with Crippen LogP contribution < -0.4 is 0 Å². The Morgan fingerprint density at radius 1 is 1.29 bits per heavy atom. The predicted octanol–water partition coefficient (Wildman–Crippen LogP) is 3.65. The minimum atomic E-state index is -4.46. The predicted molar refractivity (Wildman–Crippen MR) is 57.4 cm³/mol. The summed E-state index contributed by atoms with van der Waals surface area (Å²) < 4.78 is 43.3. The van der Waals surface area contributed by atoms with Crippen LogP contribution in [-0.4, -0.2) is 9.97 Å². The number of aromatic nitrogens is 2. The summed E-state index contributed by atoms with van der Waals surface area (Å²) in [7, 11) is 0. The fraction of sp³-hybridized carbons (Fsp3) is 0.200. The molecular formula is C10H6BrF3N2O. The fourth-order valence-electron chi connectivity index (χ4n) is 1.31.